The highest BCUT2D eigenvalue weighted by atomic mass is 31.2. The Hall–Kier alpha value is -2.96. The molecule has 0 aliphatic rings. The fourth-order valence-corrected chi connectivity index (χ4v) is 6.25. The van der Waals surface area contributed by atoms with Crippen LogP contribution < -0.4 is 10.6 Å². The van der Waals surface area contributed by atoms with Gasteiger partial charge in [-0.1, -0.05) is 103 Å². The van der Waals surface area contributed by atoms with Crippen LogP contribution in [0.1, 0.15) is 16.8 Å². The molecule has 0 amide bonds. The predicted molar refractivity (Wildman–Crippen MR) is 118 cm³/mol. The van der Waals surface area contributed by atoms with E-state index in [1.807, 2.05) is 103 Å². The highest BCUT2D eigenvalue weighted by Gasteiger charge is 2.28. The van der Waals surface area contributed by atoms with Gasteiger partial charge in [0.25, 0.3) is 0 Å². The summed E-state index contributed by atoms with van der Waals surface area (Å²) in [5.74, 6) is 0.0314. The van der Waals surface area contributed by atoms with Crippen molar-refractivity contribution in [3.63, 3.8) is 0 Å². The fraction of sp³-hybridized carbons (Fsp3) is 0.0800. The zero-order chi connectivity index (χ0) is 19.4. The van der Waals surface area contributed by atoms with Crippen molar-refractivity contribution in [3.8, 4) is 0 Å². The molecule has 4 aromatic rings. The normalized spacial score (nSPS) is 11.4. The molecule has 0 saturated heterocycles. The van der Waals surface area contributed by atoms with Gasteiger partial charge in [-0.3, -0.25) is 4.79 Å². The first-order chi connectivity index (χ1) is 13.7. The lowest BCUT2D eigenvalue weighted by molar-refractivity contribution is 0.0990. The van der Waals surface area contributed by atoms with Crippen LogP contribution in [0.3, 0.4) is 0 Å². The first-order valence-electron chi connectivity index (χ1n) is 9.40. The number of fused-ring (bicyclic) bond motifs is 1. The topological polar surface area (TPSA) is 34.1 Å². The molecule has 0 radical (unpaired) electrons. The summed E-state index contributed by atoms with van der Waals surface area (Å²) in [6.07, 6.45) is 0.568. The quantitative estimate of drug-likeness (QED) is 0.328. The van der Waals surface area contributed by atoms with Gasteiger partial charge in [0.2, 0.25) is 0 Å². The van der Waals surface area contributed by atoms with Crippen LogP contribution >= 0.6 is 7.14 Å². The number of carbonyl (C=O) groups is 1. The second-order valence-electron chi connectivity index (χ2n) is 6.83. The summed E-state index contributed by atoms with van der Waals surface area (Å²) in [5.41, 5.74) is 0.700. The second kappa shape index (κ2) is 7.96. The Morgan fingerprint density at radius 3 is 1.82 bits per heavy atom. The highest BCUT2D eigenvalue weighted by molar-refractivity contribution is 7.78. The third-order valence-electron chi connectivity index (χ3n) is 5.09. The summed E-state index contributed by atoms with van der Waals surface area (Å²) in [6.45, 7) is 0. The Kier molecular flexibility index (Phi) is 5.23. The van der Waals surface area contributed by atoms with Crippen LogP contribution in [0, 0.1) is 0 Å². The number of hydrogen-bond donors (Lipinski definition) is 0. The molecule has 0 aliphatic heterocycles. The van der Waals surface area contributed by atoms with E-state index in [2.05, 4.69) is 0 Å². The maximum absolute atomic E-state index is 14.1. The third-order valence-corrected chi connectivity index (χ3v) is 8.21. The lowest BCUT2D eigenvalue weighted by Gasteiger charge is -2.19. The number of Topliss-reactive ketones (excluding diaryl/α,β-unsaturated/α-hetero) is 1. The number of ketones is 1. The molecule has 0 heterocycles. The van der Waals surface area contributed by atoms with Crippen LogP contribution in [-0.2, 0) is 4.57 Å². The van der Waals surface area contributed by atoms with Crippen LogP contribution in [0.25, 0.3) is 10.8 Å². The molecule has 0 N–H and O–H groups in total. The largest absolute Gasteiger partial charge is 0.314 e. The van der Waals surface area contributed by atoms with Crippen LogP contribution in [0.15, 0.2) is 103 Å². The van der Waals surface area contributed by atoms with E-state index in [4.69, 9.17) is 0 Å². The first-order valence-corrected chi connectivity index (χ1v) is 11.3. The average molecular weight is 384 g/mol. The van der Waals surface area contributed by atoms with Gasteiger partial charge in [0.05, 0.1) is 0 Å². The van der Waals surface area contributed by atoms with E-state index >= 15 is 0 Å². The molecule has 0 spiro atoms. The molecule has 0 unspecified atom stereocenters. The van der Waals surface area contributed by atoms with Crippen molar-refractivity contribution in [2.75, 3.05) is 6.16 Å². The van der Waals surface area contributed by atoms with Gasteiger partial charge in [-0.25, -0.2) is 0 Å². The van der Waals surface area contributed by atoms with Crippen LogP contribution in [-0.4, -0.2) is 11.9 Å². The Bertz CT molecular complexity index is 1100. The molecular weight excluding hydrogens is 363 g/mol. The molecule has 2 nitrogen and oxygen atoms in total. The Balaban J connectivity index is 1.67. The summed E-state index contributed by atoms with van der Waals surface area (Å²) in [6, 6.07) is 32.7. The summed E-state index contributed by atoms with van der Waals surface area (Å²) in [7, 11) is -2.88. The zero-order valence-electron chi connectivity index (χ0n) is 15.5. The second-order valence-corrected chi connectivity index (χ2v) is 9.79. The smallest absolute Gasteiger partial charge is 0.163 e. The van der Waals surface area contributed by atoms with Gasteiger partial charge in [-0.2, -0.15) is 0 Å². The number of carbonyl (C=O) groups excluding carboxylic acids is 1. The minimum absolute atomic E-state index is 0.0314. The molecule has 28 heavy (non-hydrogen) atoms. The van der Waals surface area contributed by atoms with E-state index in [-0.39, 0.29) is 12.2 Å². The monoisotopic (exact) mass is 384 g/mol. The van der Waals surface area contributed by atoms with E-state index in [1.165, 1.54) is 0 Å². The zero-order valence-corrected chi connectivity index (χ0v) is 16.4. The lowest BCUT2D eigenvalue weighted by atomic mass is 10.0. The molecule has 4 rings (SSSR count). The van der Waals surface area contributed by atoms with E-state index < -0.39 is 7.14 Å². The lowest BCUT2D eigenvalue weighted by Crippen LogP contribution is -2.20. The standard InChI is InChI=1S/C25H21O2P/c26-25(24-17-9-11-20-10-7-8-16-23(20)24)18-19-28(27,21-12-3-1-4-13-21)22-14-5-2-6-15-22/h1-17H,18-19H2. The van der Waals surface area contributed by atoms with Crippen molar-refractivity contribution in [1.29, 1.82) is 0 Å². The maximum atomic E-state index is 14.1. The summed E-state index contributed by atoms with van der Waals surface area (Å²) in [4.78, 5) is 13.0. The van der Waals surface area contributed by atoms with Crippen molar-refractivity contribution in [2.24, 2.45) is 0 Å². The molecule has 0 aromatic heterocycles. The van der Waals surface area contributed by atoms with Crippen LogP contribution in [0.5, 0.6) is 0 Å². The van der Waals surface area contributed by atoms with Crippen molar-refractivity contribution >= 4 is 34.3 Å². The van der Waals surface area contributed by atoms with Gasteiger partial charge in [-0.15, -0.1) is 0 Å². The minimum atomic E-state index is -2.88. The van der Waals surface area contributed by atoms with Crippen molar-refractivity contribution in [1.82, 2.24) is 0 Å². The van der Waals surface area contributed by atoms with Crippen molar-refractivity contribution in [3.05, 3.63) is 109 Å². The fourth-order valence-electron chi connectivity index (χ4n) is 3.61. The Morgan fingerprint density at radius 2 is 1.18 bits per heavy atom. The summed E-state index contributed by atoms with van der Waals surface area (Å²) in [5, 5.41) is 3.59. The van der Waals surface area contributed by atoms with Crippen LogP contribution in [0.2, 0.25) is 0 Å². The summed E-state index contributed by atoms with van der Waals surface area (Å²) >= 11 is 0. The van der Waals surface area contributed by atoms with E-state index in [9.17, 15) is 9.36 Å². The van der Waals surface area contributed by atoms with Gasteiger partial charge in [-0.05, 0) is 10.8 Å². The van der Waals surface area contributed by atoms with E-state index in [0.717, 1.165) is 21.4 Å². The molecule has 0 bridgehead atoms. The SMILES string of the molecule is O=C(CCP(=O)(c1ccccc1)c1ccccc1)c1cccc2ccccc12. The molecule has 0 atom stereocenters. The average Bonchev–Trinajstić information content (AvgIpc) is 2.78. The van der Waals surface area contributed by atoms with Gasteiger partial charge < -0.3 is 4.57 Å². The third kappa shape index (κ3) is 3.56. The highest BCUT2D eigenvalue weighted by Crippen LogP contribution is 2.44. The first kappa shape index (κ1) is 18.4. The van der Waals surface area contributed by atoms with E-state index in [0.29, 0.717) is 11.7 Å². The molecule has 3 heteroatoms. The molecule has 138 valence electrons. The number of benzene rings is 4. The Labute approximate surface area is 165 Å². The molecule has 0 saturated carbocycles. The van der Waals surface area contributed by atoms with E-state index in [1.54, 1.807) is 0 Å². The summed E-state index contributed by atoms with van der Waals surface area (Å²) < 4.78 is 14.1. The van der Waals surface area contributed by atoms with Gasteiger partial charge in [0.15, 0.2) is 5.78 Å². The van der Waals surface area contributed by atoms with Gasteiger partial charge >= 0.3 is 0 Å². The van der Waals surface area contributed by atoms with Gasteiger partial charge in [0, 0.05) is 28.8 Å². The minimum Gasteiger partial charge on any atom is -0.314 e. The number of hydrogen-bond acceptors (Lipinski definition) is 2. The maximum Gasteiger partial charge on any atom is 0.163 e. The molecule has 0 aliphatic carbocycles. The predicted octanol–water partition coefficient (Wildman–Crippen LogP) is 5.43. The molecule has 0 fully saturated rings. The molecular formula is C25H21O2P. The van der Waals surface area contributed by atoms with Crippen molar-refractivity contribution < 1.29 is 9.36 Å². The molecule has 4 aromatic carbocycles. The number of rotatable bonds is 6. The van der Waals surface area contributed by atoms with Crippen LogP contribution in [0.4, 0.5) is 0 Å². The Morgan fingerprint density at radius 1 is 0.643 bits per heavy atom. The van der Waals surface area contributed by atoms with Crippen molar-refractivity contribution in [2.45, 2.75) is 6.42 Å². The van der Waals surface area contributed by atoms with Gasteiger partial charge in [0.1, 0.15) is 7.14 Å².